The van der Waals surface area contributed by atoms with Crippen molar-refractivity contribution in [3.63, 3.8) is 0 Å². The average Bonchev–Trinajstić information content (AvgIpc) is 2.41. The number of benzene rings is 1. The largest absolute Gasteiger partial charge is 0.384 e. The molecule has 1 N–H and O–H groups in total. The highest BCUT2D eigenvalue weighted by Crippen LogP contribution is 2.40. The van der Waals surface area contributed by atoms with E-state index in [1.807, 2.05) is 6.92 Å². The van der Waals surface area contributed by atoms with Crippen LogP contribution in [0.1, 0.15) is 25.5 Å². The van der Waals surface area contributed by atoms with Crippen LogP contribution in [-0.2, 0) is 0 Å². The van der Waals surface area contributed by atoms with Crippen molar-refractivity contribution in [3.8, 4) is 0 Å². The number of halogens is 5. The number of hydrogen-bond donors (Lipinski definition) is 1. The molecule has 20 heavy (non-hydrogen) atoms. The van der Waals surface area contributed by atoms with Crippen molar-refractivity contribution >= 4 is 51.4 Å². The predicted molar refractivity (Wildman–Crippen MR) is 80.5 cm³/mol. The van der Waals surface area contributed by atoms with Gasteiger partial charge in [0.2, 0.25) is 0 Å². The maximum absolute atomic E-state index is 12.9. The van der Waals surface area contributed by atoms with E-state index in [9.17, 15) is 8.78 Å². The van der Waals surface area contributed by atoms with E-state index in [2.05, 4.69) is 10.3 Å². The lowest BCUT2D eigenvalue weighted by atomic mass is 10.1. The minimum atomic E-state index is -2.69. The molecule has 2 aromatic rings. The molecule has 1 aromatic heterocycles. The lowest BCUT2D eigenvalue weighted by Crippen LogP contribution is -2.03. The van der Waals surface area contributed by atoms with Crippen LogP contribution >= 0.6 is 34.8 Å². The molecule has 0 aliphatic heterocycles. The maximum atomic E-state index is 12.9. The van der Waals surface area contributed by atoms with Crippen molar-refractivity contribution < 1.29 is 8.78 Å². The van der Waals surface area contributed by atoms with Crippen molar-refractivity contribution in [1.29, 1.82) is 0 Å². The number of anilines is 1. The second-order valence-corrected chi connectivity index (χ2v) is 5.39. The first-order chi connectivity index (χ1) is 9.45. The summed E-state index contributed by atoms with van der Waals surface area (Å²) < 4.78 is 25.8. The Morgan fingerprint density at radius 3 is 2.50 bits per heavy atom. The van der Waals surface area contributed by atoms with Crippen LogP contribution in [0.15, 0.2) is 12.1 Å². The summed E-state index contributed by atoms with van der Waals surface area (Å²) in [6.07, 6.45) is -1.85. The van der Waals surface area contributed by atoms with Crippen molar-refractivity contribution in [2.75, 3.05) is 11.9 Å². The minimum Gasteiger partial charge on any atom is -0.384 e. The Balaban J connectivity index is 2.77. The Bertz CT molecular complexity index is 647. The highest BCUT2D eigenvalue weighted by molar-refractivity contribution is 6.48. The molecule has 0 bridgehead atoms. The van der Waals surface area contributed by atoms with Gasteiger partial charge in [-0.2, -0.15) is 0 Å². The molecule has 0 saturated heterocycles. The molecule has 7 heteroatoms. The van der Waals surface area contributed by atoms with Crippen LogP contribution in [0.3, 0.4) is 0 Å². The monoisotopic (exact) mass is 338 g/mol. The first-order valence-electron chi connectivity index (χ1n) is 5.95. The minimum absolute atomic E-state index is 0.191. The molecule has 0 amide bonds. The van der Waals surface area contributed by atoms with E-state index in [0.29, 0.717) is 17.6 Å². The van der Waals surface area contributed by atoms with Gasteiger partial charge in [0.25, 0.3) is 6.43 Å². The summed E-state index contributed by atoms with van der Waals surface area (Å²) in [5, 5.41) is 4.21. The molecule has 2 nitrogen and oxygen atoms in total. The number of rotatable bonds is 4. The van der Waals surface area contributed by atoms with E-state index < -0.39 is 6.43 Å². The fraction of sp³-hybridized carbons (Fsp3) is 0.308. The number of pyridine rings is 1. The summed E-state index contributed by atoms with van der Waals surface area (Å²) in [7, 11) is 0. The molecule has 0 spiro atoms. The van der Waals surface area contributed by atoms with Crippen LogP contribution in [-0.4, -0.2) is 11.5 Å². The summed E-state index contributed by atoms with van der Waals surface area (Å²) in [4.78, 5) is 3.88. The molecular weight excluding hydrogens is 329 g/mol. The van der Waals surface area contributed by atoms with Gasteiger partial charge in [0.15, 0.2) is 0 Å². The molecule has 0 fully saturated rings. The van der Waals surface area contributed by atoms with Gasteiger partial charge in [-0.05, 0) is 18.6 Å². The smallest absolute Gasteiger partial charge is 0.280 e. The van der Waals surface area contributed by atoms with Gasteiger partial charge < -0.3 is 5.32 Å². The molecule has 2 rings (SSSR count). The molecule has 0 saturated carbocycles. The third kappa shape index (κ3) is 2.92. The zero-order chi connectivity index (χ0) is 14.9. The number of fused-ring (bicyclic) bond motifs is 1. The fourth-order valence-electron chi connectivity index (χ4n) is 1.83. The number of nitrogens with one attached hydrogen (secondary N) is 1. The standard InChI is InChI=1S/C13H11Cl3F2N2/c1-2-3-19-8-5-9(13(17)18)20-12-7(15)4-6(14)11(16)10(8)12/h4-5,13H,2-3H2,1H3,(H,19,20). The second kappa shape index (κ2) is 6.29. The van der Waals surface area contributed by atoms with Gasteiger partial charge in [-0.3, -0.25) is 0 Å². The molecule has 0 atom stereocenters. The van der Waals surface area contributed by atoms with Gasteiger partial charge in [0.05, 0.1) is 20.6 Å². The zero-order valence-corrected chi connectivity index (χ0v) is 12.8. The molecule has 108 valence electrons. The summed E-state index contributed by atoms with van der Waals surface area (Å²) in [5.41, 5.74) is 0.329. The van der Waals surface area contributed by atoms with E-state index >= 15 is 0 Å². The molecule has 1 heterocycles. The van der Waals surface area contributed by atoms with Crippen LogP contribution in [0, 0.1) is 0 Å². The zero-order valence-electron chi connectivity index (χ0n) is 10.5. The Labute approximate surface area is 130 Å². The number of hydrogen-bond acceptors (Lipinski definition) is 2. The quantitative estimate of drug-likeness (QED) is 0.696. The van der Waals surface area contributed by atoms with Crippen molar-refractivity contribution in [2.24, 2.45) is 0 Å². The molecule has 1 aromatic carbocycles. The topological polar surface area (TPSA) is 24.9 Å². The van der Waals surface area contributed by atoms with Gasteiger partial charge in [-0.25, -0.2) is 13.8 Å². The van der Waals surface area contributed by atoms with Gasteiger partial charge in [-0.15, -0.1) is 0 Å². The summed E-state index contributed by atoms with van der Waals surface area (Å²) in [5.74, 6) is 0. The van der Waals surface area contributed by atoms with Gasteiger partial charge >= 0.3 is 0 Å². The van der Waals surface area contributed by atoms with Crippen LogP contribution in [0.5, 0.6) is 0 Å². The fourth-order valence-corrected chi connectivity index (χ4v) is 2.58. The summed E-state index contributed by atoms with van der Waals surface area (Å²) in [6.45, 7) is 2.58. The molecule has 0 unspecified atom stereocenters. The van der Waals surface area contributed by atoms with E-state index in [-0.39, 0.29) is 26.3 Å². The second-order valence-electron chi connectivity index (χ2n) is 4.20. The van der Waals surface area contributed by atoms with Crippen molar-refractivity contribution in [3.05, 3.63) is 32.9 Å². The first-order valence-corrected chi connectivity index (χ1v) is 7.09. The van der Waals surface area contributed by atoms with Crippen molar-refractivity contribution in [2.45, 2.75) is 19.8 Å². The van der Waals surface area contributed by atoms with Crippen LogP contribution in [0.25, 0.3) is 10.9 Å². The van der Waals surface area contributed by atoms with E-state index in [1.54, 1.807) is 0 Å². The average molecular weight is 340 g/mol. The third-order valence-corrected chi connectivity index (χ3v) is 3.81. The Morgan fingerprint density at radius 2 is 1.90 bits per heavy atom. The van der Waals surface area contributed by atoms with Gasteiger partial charge in [0.1, 0.15) is 5.69 Å². The van der Waals surface area contributed by atoms with Crippen molar-refractivity contribution in [1.82, 2.24) is 4.98 Å². The molecule has 0 radical (unpaired) electrons. The maximum Gasteiger partial charge on any atom is 0.280 e. The Morgan fingerprint density at radius 1 is 1.20 bits per heavy atom. The SMILES string of the molecule is CCCNc1cc(C(F)F)nc2c(Cl)cc(Cl)c(Cl)c12. The Kier molecular flexibility index (Phi) is 4.89. The van der Waals surface area contributed by atoms with Gasteiger partial charge in [0, 0.05) is 17.6 Å². The predicted octanol–water partition coefficient (Wildman–Crippen LogP) is 5.95. The van der Waals surface area contributed by atoms with E-state index in [0.717, 1.165) is 6.42 Å². The van der Waals surface area contributed by atoms with E-state index in [4.69, 9.17) is 34.8 Å². The van der Waals surface area contributed by atoms with Crippen LogP contribution < -0.4 is 5.32 Å². The first kappa shape index (κ1) is 15.5. The number of alkyl halides is 2. The molecule has 0 aliphatic rings. The third-order valence-electron chi connectivity index (χ3n) is 2.74. The highest BCUT2D eigenvalue weighted by Gasteiger charge is 2.18. The van der Waals surface area contributed by atoms with Crippen LogP contribution in [0.2, 0.25) is 15.1 Å². The number of aromatic nitrogens is 1. The lowest BCUT2D eigenvalue weighted by molar-refractivity contribution is 0.146. The molecule has 0 aliphatic carbocycles. The lowest BCUT2D eigenvalue weighted by Gasteiger charge is -2.14. The number of nitrogens with zero attached hydrogens (tertiary/aromatic N) is 1. The van der Waals surface area contributed by atoms with Gasteiger partial charge in [-0.1, -0.05) is 41.7 Å². The summed E-state index contributed by atoms with van der Waals surface area (Å²) >= 11 is 18.2. The Hall–Kier alpha value is -0.840. The highest BCUT2D eigenvalue weighted by atomic mass is 35.5. The van der Waals surface area contributed by atoms with Crippen LogP contribution in [0.4, 0.5) is 14.5 Å². The van der Waals surface area contributed by atoms with E-state index in [1.165, 1.54) is 12.1 Å². The molecular formula is C13H11Cl3F2N2. The normalized spacial score (nSPS) is 11.3. The summed E-state index contributed by atoms with van der Waals surface area (Å²) in [6, 6.07) is 2.68.